The summed E-state index contributed by atoms with van der Waals surface area (Å²) in [6.45, 7) is 6.87. The van der Waals surface area contributed by atoms with Crippen LogP contribution < -0.4 is 15.2 Å². The van der Waals surface area contributed by atoms with E-state index in [1.165, 1.54) is 0 Å². The fourth-order valence-corrected chi connectivity index (χ4v) is 4.30. The van der Waals surface area contributed by atoms with E-state index in [1.54, 1.807) is 4.90 Å². The number of nitrogens with two attached hydrogens (primary N) is 1. The lowest BCUT2D eigenvalue weighted by Gasteiger charge is -2.36. The molecule has 0 spiro atoms. The average molecular weight is 385 g/mol. The number of piperidine rings is 1. The minimum absolute atomic E-state index is 0.0582. The summed E-state index contributed by atoms with van der Waals surface area (Å²) in [5, 5.41) is 0.842. The Balaban J connectivity index is 1.73. The lowest BCUT2D eigenvalue weighted by Crippen LogP contribution is -2.48. The summed E-state index contributed by atoms with van der Waals surface area (Å²) in [7, 11) is 0. The Hall–Kier alpha value is -2.70. The van der Waals surface area contributed by atoms with Gasteiger partial charge in [-0.15, -0.1) is 0 Å². The number of H-pyrrole nitrogens is 1. The fourth-order valence-electron chi connectivity index (χ4n) is 4.30. The number of carbonyl (C=O) groups is 2. The van der Waals surface area contributed by atoms with Crippen molar-refractivity contribution < 1.29 is 19.1 Å². The molecule has 3 heterocycles. The van der Waals surface area contributed by atoms with Gasteiger partial charge in [-0.25, -0.2) is 0 Å². The van der Waals surface area contributed by atoms with Gasteiger partial charge in [0.05, 0.1) is 18.0 Å². The van der Waals surface area contributed by atoms with Gasteiger partial charge >= 0.3 is 0 Å². The lowest BCUT2D eigenvalue weighted by molar-refractivity contribution is -0.123. The number of benzene rings is 1. The van der Waals surface area contributed by atoms with E-state index in [9.17, 15) is 9.59 Å². The van der Waals surface area contributed by atoms with Crippen molar-refractivity contribution in [2.24, 2.45) is 11.7 Å². The first-order valence-electron chi connectivity index (χ1n) is 9.97. The maximum Gasteiger partial charge on any atom is 0.270 e. The first-order valence-corrected chi connectivity index (χ1v) is 9.97. The highest BCUT2D eigenvalue weighted by Gasteiger charge is 2.33. The van der Waals surface area contributed by atoms with Gasteiger partial charge in [0.1, 0.15) is 23.3 Å². The molecule has 28 heavy (non-hydrogen) atoms. The summed E-state index contributed by atoms with van der Waals surface area (Å²) in [4.78, 5) is 29.9. The Morgan fingerprint density at radius 3 is 2.82 bits per heavy atom. The molecule has 1 aromatic heterocycles. The van der Waals surface area contributed by atoms with Crippen LogP contribution in [0.15, 0.2) is 12.1 Å². The smallest absolute Gasteiger partial charge is 0.270 e. The van der Waals surface area contributed by atoms with E-state index >= 15 is 0 Å². The zero-order valence-electron chi connectivity index (χ0n) is 16.6. The van der Waals surface area contributed by atoms with Crippen LogP contribution in [0.5, 0.6) is 11.5 Å². The van der Waals surface area contributed by atoms with Crippen molar-refractivity contribution in [3.05, 3.63) is 23.4 Å². The van der Waals surface area contributed by atoms with Crippen LogP contribution in [0.2, 0.25) is 0 Å². The summed E-state index contributed by atoms with van der Waals surface area (Å²) >= 11 is 0. The highest BCUT2D eigenvalue weighted by atomic mass is 16.5. The highest BCUT2D eigenvalue weighted by Crippen LogP contribution is 2.41. The molecule has 0 radical (unpaired) electrons. The molecule has 3 atom stereocenters. The number of aromatic amines is 1. The quantitative estimate of drug-likeness (QED) is 0.845. The SMILES string of the molecule is CCOc1cc2c(c3[nH]c(C(=O)N4CC(C(N)=O)CCC4C)cc13)OC(C)C2. The molecule has 1 aromatic carbocycles. The number of hydrogen-bond acceptors (Lipinski definition) is 4. The van der Waals surface area contributed by atoms with E-state index in [4.69, 9.17) is 15.2 Å². The Kier molecular flexibility index (Phi) is 4.69. The maximum absolute atomic E-state index is 13.2. The number of rotatable bonds is 4. The molecule has 3 unspecified atom stereocenters. The molecule has 0 aliphatic carbocycles. The molecule has 1 fully saturated rings. The van der Waals surface area contributed by atoms with Gasteiger partial charge in [0.15, 0.2) is 0 Å². The molecule has 2 aromatic rings. The molecule has 7 nitrogen and oxygen atoms in total. The van der Waals surface area contributed by atoms with Crippen molar-refractivity contribution in [3.63, 3.8) is 0 Å². The molecule has 0 bridgehead atoms. The monoisotopic (exact) mass is 385 g/mol. The van der Waals surface area contributed by atoms with Gasteiger partial charge in [0, 0.05) is 30.0 Å². The normalized spacial score (nSPS) is 24.1. The Labute approximate surface area is 164 Å². The van der Waals surface area contributed by atoms with Crippen molar-refractivity contribution in [1.82, 2.24) is 9.88 Å². The van der Waals surface area contributed by atoms with E-state index in [0.717, 1.165) is 47.2 Å². The summed E-state index contributed by atoms with van der Waals surface area (Å²) in [5.41, 5.74) is 7.84. The number of primary amides is 1. The van der Waals surface area contributed by atoms with Gasteiger partial charge < -0.3 is 25.1 Å². The number of aromatic nitrogens is 1. The van der Waals surface area contributed by atoms with Crippen molar-refractivity contribution >= 4 is 22.7 Å². The standard InChI is InChI=1S/C21H27N3O4/c1-4-27-17-8-14-7-12(3)28-19(14)18-15(17)9-16(23-18)21(26)24-10-13(20(22)25)6-5-11(24)2/h8-9,11-13,23H,4-7,10H2,1-3H3,(H2,22,25). The van der Waals surface area contributed by atoms with Gasteiger partial charge in [-0.05, 0) is 45.7 Å². The van der Waals surface area contributed by atoms with Crippen LogP contribution in [-0.4, -0.2) is 47.0 Å². The highest BCUT2D eigenvalue weighted by molar-refractivity contribution is 6.02. The van der Waals surface area contributed by atoms with Gasteiger partial charge in [-0.1, -0.05) is 0 Å². The molecular formula is C21H27N3O4. The van der Waals surface area contributed by atoms with Crippen LogP contribution >= 0.6 is 0 Å². The van der Waals surface area contributed by atoms with Crippen molar-refractivity contribution in [1.29, 1.82) is 0 Å². The average Bonchev–Trinajstić information content (AvgIpc) is 3.25. The first kappa shape index (κ1) is 18.7. The largest absolute Gasteiger partial charge is 0.493 e. The molecule has 1 saturated heterocycles. The molecule has 2 amide bonds. The third-order valence-corrected chi connectivity index (χ3v) is 5.81. The summed E-state index contributed by atoms with van der Waals surface area (Å²) in [5.74, 6) is 0.784. The van der Waals surface area contributed by atoms with Crippen LogP contribution in [0.4, 0.5) is 0 Å². The van der Waals surface area contributed by atoms with E-state index in [1.807, 2.05) is 32.9 Å². The number of carbonyl (C=O) groups excluding carboxylic acids is 2. The van der Waals surface area contributed by atoms with E-state index in [0.29, 0.717) is 18.8 Å². The van der Waals surface area contributed by atoms with E-state index in [2.05, 4.69) is 4.98 Å². The molecule has 0 saturated carbocycles. The number of amides is 2. The fraction of sp³-hybridized carbons (Fsp3) is 0.524. The second kappa shape index (κ2) is 7.04. The third kappa shape index (κ3) is 3.08. The second-order valence-corrected chi connectivity index (χ2v) is 7.88. The van der Waals surface area contributed by atoms with Crippen LogP contribution in [0, 0.1) is 5.92 Å². The molecule has 2 aliphatic heterocycles. The van der Waals surface area contributed by atoms with E-state index < -0.39 is 0 Å². The number of likely N-dealkylation sites (tertiary alicyclic amines) is 1. The van der Waals surface area contributed by atoms with Crippen molar-refractivity contribution in [2.75, 3.05) is 13.2 Å². The number of fused-ring (bicyclic) bond motifs is 3. The molecule has 150 valence electrons. The van der Waals surface area contributed by atoms with Gasteiger partial charge in [0.25, 0.3) is 5.91 Å². The predicted octanol–water partition coefficient (Wildman–Crippen LogP) is 2.62. The number of hydrogen-bond donors (Lipinski definition) is 2. The number of nitrogens with zero attached hydrogens (tertiary/aromatic N) is 1. The molecule has 2 aliphatic rings. The second-order valence-electron chi connectivity index (χ2n) is 7.88. The minimum Gasteiger partial charge on any atom is -0.493 e. The zero-order chi connectivity index (χ0) is 20.0. The summed E-state index contributed by atoms with van der Waals surface area (Å²) in [6.07, 6.45) is 2.40. The topological polar surface area (TPSA) is 97.7 Å². The van der Waals surface area contributed by atoms with Crippen molar-refractivity contribution in [2.45, 2.75) is 52.2 Å². The van der Waals surface area contributed by atoms with Crippen LogP contribution in [0.1, 0.15) is 49.7 Å². The summed E-state index contributed by atoms with van der Waals surface area (Å²) in [6, 6.07) is 3.90. The number of ether oxygens (including phenoxy) is 2. The first-order chi connectivity index (χ1) is 13.4. The van der Waals surface area contributed by atoms with Crippen LogP contribution in [-0.2, 0) is 11.2 Å². The number of nitrogens with one attached hydrogen (secondary N) is 1. The van der Waals surface area contributed by atoms with Crippen LogP contribution in [0.25, 0.3) is 10.9 Å². The third-order valence-electron chi connectivity index (χ3n) is 5.81. The maximum atomic E-state index is 13.2. The summed E-state index contributed by atoms with van der Waals surface area (Å²) < 4.78 is 11.8. The van der Waals surface area contributed by atoms with E-state index in [-0.39, 0.29) is 29.9 Å². The Morgan fingerprint density at radius 2 is 2.11 bits per heavy atom. The predicted molar refractivity (Wildman–Crippen MR) is 106 cm³/mol. The minimum atomic E-state index is -0.347. The molecule has 7 heteroatoms. The lowest BCUT2D eigenvalue weighted by atomic mass is 9.92. The van der Waals surface area contributed by atoms with Crippen molar-refractivity contribution in [3.8, 4) is 11.5 Å². The molecular weight excluding hydrogens is 358 g/mol. The molecule has 3 N–H and O–H groups in total. The van der Waals surface area contributed by atoms with Gasteiger partial charge in [0.2, 0.25) is 5.91 Å². The van der Waals surface area contributed by atoms with Gasteiger partial charge in [-0.2, -0.15) is 0 Å². The van der Waals surface area contributed by atoms with Gasteiger partial charge in [-0.3, -0.25) is 9.59 Å². The Bertz CT molecular complexity index is 935. The zero-order valence-corrected chi connectivity index (χ0v) is 16.6. The van der Waals surface area contributed by atoms with Crippen LogP contribution in [0.3, 0.4) is 0 Å². The Morgan fingerprint density at radius 1 is 1.32 bits per heavy atom. The molecule has 4 rings (SSSR count).